The fraction of sp³-hybridized carbons (Fsp3) is 0.480. The largest absolute Gasteiger partial charge is 0.342 e. The number of nitrogens with one attached hydrogen (secondary N) is 1. The molecule has 0 radical (unpaired) electrons. The highest BCUT2D eigenvalue weighted by atomic mass is 32.1. The average Bonchev–Trinajstić information content (AvgIpc) is 3.34. The number of aromatic nitrogens is 3. The van der Waals surface area contributed by atoms with Crippen molar-refractivity contribution in [3.8, 4) is 0 Å². The maximum absolute atomic E-state index is 13.1. The molecule has 2 aromatic heterocycles. The van der Waals surface area contributed by atoms with Gasteiger partial charge in [-0.3, -0.25) is 9.69 Å². The van der Waals surface area contributed by atoms with Gasteiger partial charge in [-0.25, -0.2) is 0 Å². The number of benzene rings is 1. The molecular weight excluding hydrogens is 418 g/mol. The van der Waals surface area contributed by atoms with E-state index in [9.17, 15) is 4.79 Å². The molecule has 0 aliphatic carbocycles. The zero-order valence-corrected chi connectivity index (χ0v) is 20.3. The van der Waals surface area contributed by atoms with Crippen molar-refractivity contribution >= 4 is 17.2 Å². The molecule has 3 heterocycles. The van der Waals surface area contributed by atoms with E-state index in [0.717, 1.165) is 61.8 Å². The lowest BCUT2D eigenvalue weighted by molar-refractivity contribution is 0.0928. The molecule has 1 aliphatic heterocycles. The van der Waals surface area contributed by atoms with Crippen LogP contribution in [0.25, 0.3) is 0 Å². The lowest BCUT2D eigenvalue weighted by Gasteiger charge is -2.22. The van der Waals surface area contributed by atoms with Gasteiger partial charge in [-0.15, -0.1) is 21.5 Å². The molecule has 32 heavy (non-hydrogen) atoms. The number of aryl methyl sites for hydroxylation is 2. The molecule has 1 N–H and O–H groups in total. The Morgan fingerprint density at radius 2 is 1.91 bits per heavy atom. The molecule has 1 amide bonds. The second kappa shape index (κ2) is 9.96. The Morgan fingerprint density at radius 3 is 2.59 bits per heavy atom. The summed E-state index contributed by atoms with van der Waals surface area (Å²) >= 11 is 1.81. The van der Waals surface area contributed by atoms with E-state index < -0.39 is 0 Å². The second-order valence-corrected chi connectivity index (χ2v) is 10.3. The average molecular weight is 452 g/mol. The summed E-state index contributed by atoms with van der Waals surface area (Å²) in [5, 5.41) is 14.5. The molecule has 1 aromatic carbocycles. The summed E-state index contributed by atoms with van der Waals surface area (Å²) in [6.45, 7) is 12.2. The van der Waals surface area contributed by atoms with Crippen LogP contribution in [0.15, 0.2) is 35.7 Å². The molecule has 1 atom stereocenters. The van der Waals surface area contributed by atoms with Crippen LogP contribution in [-0.2, 0) is 19.5 Å². The summed E-state index contributed by atoms with van der Waals surface area (Å²) in [5.74, 6) is 2.27. The van der Waals surface area contributed by atoms with E-state index in [1.807, 2.05) is 26.0 Å². The van der Waals surface area contributed by atoms with Gasteiger partial charge in [0, 0.05) is 43.0 Å². The fourth-order valence-electron chi connectivity index (χ4n) is 4.48. The van der Waals surface area contributed by atoms with Crippen LogP contribution in [0.5, 0.6) is 0 Å². The number of hydrogen-bond donors (Lipinski definition) is 1. The number of thiophene rings is 1. The van der Waals surface area contributed by atoms with Crippen molar-refractivity contribution in [2.45, 2.75) is 59.7 Å². The first-order chi connectivity index (χ1) is 15.4. The number of carbonyl (C=O) groups is 1. The van der Waals surface area contributed by atoms with Crippen molar-refractivity contribution in [2.24, 2.45) is 5.92 Å². The third-order valence-corrected chi connectivity index (χ3v) is 6.78. The first-order valence-corrected chi connectivity index (χ1v) is 12.3. The standard InChI is InChI=1S/C25H33N5OS/c1-17(2)12-22(26-25(31)20-14-18(3)13-19(4)15-20)24-28-27-23-7-8-29(9-10-30(23)24)16-21-6-5-11-32-21/h5-6,11,13-15,17,22H,7-10,12,16H2,1-4H3,(H,26,31)/t22-/m1/s1. The van der Waals surface area contributed by atoms with Gasteiger partial charge >= 0.3 is 0 Å². The molecule has 170 valence electrons. The Bertz CT molecular complexity index is 1040. The molecule has 1 aliphatic rings. The maximum atomic E-state index is 13.1. The van der Waals surface area contributed by atoms with Crippen LogP contribution in [0.4, 0.5) is 0 Å². The maximum Gasteiger partial charge on any atom is 0.251 e. The molecule has 0 saturated heterocycles. The second-order valence-electron chi connectivity index (χ2n) is 9.26. The van der Waals surface area contributed by atoms with Gasteiger partial charge in [0.2, 0.25) is 0 Å². The Kier molecular flexibility index (Phi) is 7.06. The predicted octanol–water partition coefficient (Wildman–Crippen LogP) is 4.53. The van der Waals surface area contributed by atoms with E-state index in [1.165, 1.54) is 4.88 Å². The van der Waals surface area contributed by atoms with Gasteiger partial charge in [-0.05, 0) is 49.8 Å². The normalized spacial score (nSPS) is 15.4. The molecule has 0 fully saturated rings. The summed E-state index contributed by atoms with van der Waals surface area (Å²) in [6.07, 6.45) is 1.70. The van der Waals surface area contributed by atoms with Gasteiger partial charge < -0.3 is 9.88 Å². The van der Waals surface area contributed by atoms with Gasteiger partial charge in [-0.2, -0.15) is 0 Å². The van der Waals surface area contributed by atoms with Gasteiger partial charge in [-0.1, -0.05) is 37.1 Å². The van der Waals surface area contributed by atoms with E-state index in [1.54, 1.807) is 11.3 Å². The van der Waals surface area contributed by atoms with E-state index in [4.69, 9.17) is 0 Å². The highest BCUT2D eigenvalue weighted by Crippen LogP contribution is 2.24. The van der Waals surface area contributed by atoms with Crippen molar-refractivity contribution in [3.63, 3.8) is 0 Å². The van der Waals surface area contributed by atoms with Crippen LogP contribution < -0.4 is 5.32 Å². The Labute approximate surface area is 194 Å². The van der Waals surface area contributed by atoms with Crippen LogP contribution >= 0.6 is 11.3 Å². The SMILES string of the molecule is Cc1cc(C)cc(C(=O)N[C@H](CC(C)C)c2nnc3n2CCN(Cc2cccs2)CC3)c1. The summed E-state index contributed by atoms with van der Waals surface area (Å²) < 4.78 is 2.24. The number of fused-ring (bicyclic) bond motifs is 1. The number of hydrogen-bond acceptors (Lipinski definition) is 5. The minimum Gasteiger partial charge on any atom is -0.342 e. The molecule has 0 bridgehead atoms. The van der Waals surface area contributed by atoms with Crippen LogP contribution in [0, 0.1) is 19.8 Å². The first kappa shape index (κ1) is 22.7. The Hall–Kier alpha value is -2.51. The zero-order chi connectivity index (χ0) is 22.7. The van der Waals surface area contributed by atoms with Crippen molar-refractivity contribution in [1.29, 1.82) is 0 Å². The number of carbonyl (C=O) groups excluding carboxylic acids is 1. The number of nitrogens with zero attached hydrogens (tertiary/aromatic N) is 4. The number of amides is 1. The highest BCUT2D eigenvalue weighted by molar-refractivity contribution is 7.09. The van der Waals surface area contributed by atoms with Crippen LogP contribution in [-0.4, -0.2) is 38.7 Å². The van der Waals surface area contributed by atoms with Gasteiger partial charge in [0.1, 0.15) is 5.82 Å². The summed E-state index contributed by atoms with van der Waals surface area (Å²) in [6, 6.07) is 10.1. The van der Waals surface area contributed by atoms with Gasteiger partial charge in [0.05, 0.1) is 6.04 Å². The van der Waals surface area contributed by atoms with E-state index in [2.05, 4.69) is 62.4 Å². The van der Waals surface area contributed by atoms with Crippen molar-refractivity contribution in [1.82, 2.24) is 25.0 Å². The van der Waals surface area contributed by atoms with Crippen LogP contribution in [0.1, 0.15) is 64.3 Å². The van der Waals surface area contributed by atoms with Gasteiger partial charge in [0.25, 0.3) is 5.91 Å². The van der Waals surface area contributed by atoms with Crippen molar-refractivity contribution < 1.29 is 4.79 Å². The molecule has 0 spiro atoms. The molecular formula is C25H33N5OS. The summed E-state index contributed by atoms with van der Waals surface area (Å²) in [4.78, 5) is 17.0. The Balaban J connectivity index is 1.52. The molecule has 0 unspecified atom stereocenters. The smallest absolute Gasteiger partial charge is 0.251 e. The quantitative estimate of drug-likeness (QED) is 0.573. The first-order valence-electron chi connectivity index (χ1n) is 11.4. The molecule has 3 aromatic rings. The lowest BCUT2D eigenvalue weighted by atomic mass is 10.0. The highest BCUT2D eigenvalue weighted by Gasteiger charge is 2.26. The molecule has 4 rings (SSSR count). The van der Waals surface area contributed by atoms with Crippen molar-refractivity contribution in [2.75, 3.05) is 13.1 Å². The zero-order valence-electron chi connectivity index (χ0n) is 19.5. The van der Waals surface area contributed by atoms with E-state index in [-0.39, 0.29) is 11.9 Å². The van der Waals surface area contributed by atoms with Crippen molar-refractivity contribution in [3.05, 3.63) is 68.9 Å². The molecule has 6 nitrogen and oxygen atoms in total. The monoisotopic (exact) mass is 451 g/mol. The van der Waals surface area contributed by atoms with Crippen LogP contribution in [0.3, 0.4) is 0 Å². The molecule has 7 heteroatoms. The predicted molar refractivity (Wildman–Crippen MR) is 129 cm³/mol. The molecule has 0 saturated carbocycles. The third kappa shape index (κ3) is 5.45. The van der Waals surface area contributed by atoms with E-state index in [0.29, 0.717) is 11.5 Å². The third-order valence-electron chi connectivity index (χ3n) is 5.92. The van der Waals surface area contributed by atoms with E-state index >= 15 is 0 Å². The minimum atomic E-state index is -0.159. The number of rotatable bonds is 7. The van der Waals surface area contributed by atoms with Crippen LogP contribution in [0.2, 0.25) is 0 Å². The summed E-state index contributed by atoms with van der Waals surface area (Å²) in [5.41, 5.74) is 2.89. The fourth-order valence-corrected chi connectivity index (χ4v) is 5.22. The summed E-state index contributed by atoms with van der Waals surface area (Å²) in [7, 11) is 0. The Morgan fingerprint density at radius 1 is 1.12 bits per heavy atom. The minimum absolute atomic E-state index is 0.0484. The van der Waals surface area contributed by atoms with Gasteiger partial charge in [0.15, 0.2) is 5.82 Å². The topological polar surface area (TPSA) is 63.1 Å². The lowest BCUT2D eigenvalue weighted by Crippen LogP contribution is -2.32.